The van der Waals surface area contributed by atoms with Crippen molar-refractivity contribution >= 4 is 50.1 Å². The highest BCUT2D eigenvalue weighted by Crippen LogP contribution is 2.39. The number of hydrogen-bond acceptors (Lipinski definition) is 4. The average Bonchev–Trinajstić information content (AvgIpc) is 3.32. The summed E-state index contributed by atoms with van der Waals surface area (Å²) in [5.41, 5.74) is 4.54. The first kappa shape index (κ1) is 25.6. The second kappa shape index (κ2) is 11.2. The first-order chi connectivity index (χ1) is 19.6. The lowest BCUT2D eigenvalue weighted by Crippen LogP contribution is -2.21. The molecule has 40 heavy (non-hydrogen) atoms. The lowest BCUT2D eigenvalue weighted by Gasteiger charge is -2.15. The van der Waals surface area contributed by atoms with Gasteiger partial charge in [-0.05, 0) is 68.2 Å². The first-order valence-corrected chi connectivity index (χ1v) is 13.6. The van der Waals surface area contributed by atoms with E-state index in [9.17, 15) is 4.79 Å². The molecule has 0 fully saturated rings. The Morgan fingerprint density at radius 2 is 1.55 bits per heavy atom. The molecule has 0 atom stereocenters. The number of para-hydroxylation sites is 1. The molecule has 1 heterocycles. The second-order valence-corrected chi connectivity index (χ2v) is 10.1. The fourth-order valence-electron chi connectivity index (χ4n) is 4.80. The Balaban J connectivity index is 1.35. The fraction of sp³-hybridized carbons (Fsp3) is 0.0588. The summed E-state index contributed by atoms with van der Waals surface area (Å²) in [5, 5.41) is 8.48. The molecular weight excluding hydrogens is 564 g/mol. The van der Waals surface area contributed by atoms with Gasteiger partial charge in [-0.1, -0.05) is 91.0 Å². The quantitative estimate of drug-likeness (QED) is 0.181. The highest BCUT2D eigenvalue weighted by Gasteiger charge is 2.32. The highest BCUT2D eigenvalue weighted by atomic mass is 79.9. The maximum absolute atomic E-state index is 13.6. The molecule has 1 aliphatic heterocycles. The Hall–Kier alpha value is -4.68. The van der Waals surface area contributed by atoms with Gasteiger partial charge in [0.05, 0.1) is 22.8 Å². The molecule has 5 aromatic rings. The van der Waals surface area contributed by atoms with Crippen molar-refractivity contribution in [2.24, 2.45) is 5.10 Å². The summed E-state index contributed by atoms with van der Waals surface area (Å²) >= 11 is 3.68. The monoisotopic (exact) mass is 588 g/mol. The van der Waals surface area contributed by atoms with Gasteiger partial charge in [0.25, 0.3) is 5.91 Å². The van der Waals surface area contributed by atoms with Crippen LogP contribution in [0.2, 0.25) is 0 Å². The van der Waals surface area contributed by atoms with Gasteiger partial charge in [-0.15, -0.1) is 0 Å². The van der Waals surface area contributed by atoms with Crippen LogP contribution in [0.25, 0.3) is 16.8 Å². The number of nitrogens with zero attached hydrogens (tertiary/aromatic N) is 2. The van der Waals surface area contributed by atoms with E-state index in [-0.39, 0.29) is 5.91 Å². The summed E-state index contributed by atoms with van der Waals surface area (Å²) < 4.78 is 12.7. The third-order valence-electron chi connectivity index (χ3n) is 6.74. The van der Waals surface area contributed by atoms with Crippen LogP contribution in [0.15, 0.2) is 130 Å². The summed E-state index contributed by atoms with van der Waals surface area (Å²) in [6.07, 6.45) is 1.85. The topological polar surface area (TPSA) is 51.1 Å². The minimum absolute atomic E-state index is 0.198. The summed E-state index contributed by atoms with van der Waals surface area (Å²) in [6.45, 7) is 0.381. The Bertz CT molecular complexity index is 1760. The van der Waals surface area contributed by atoms with Crippen LogP contribution < -0.4 is 14.5 Å². The van der Waals surface area contributed by atoms with Crippen LogP contribution >= 0.6 is 15.9 Å². The Morgan fingerprint density at radius 3 is 2.33 bits per heavy atom. The molecule has 1 amide bonds. The standard InChI is InChI=1S/C34H25BrN2O3/c1-39-31-21-23(20-30(35)33(31)40-22-26-15-10-14-24-11-8-9-18-28(24)26)19-29-32(25-12-4-2-5-13-25)36-37(34(29)38)27-16-6-3-7-17-27/h2-21H,22H2,1H3/b29-19-. The van der Waals surface area contributed by atoms with Gasteiger partial charge >= 0.3 is 0 Å². The molecule has 0 bridgehead atoms. The van der Waals surface area contributed by atoms with Gasteiger partial charge < -0.3 is 9.47 Å². The van der Waals surface area contributed by atoms with Crippen molar-refractivity contribution in [3.05, 3.63) is 142 Å². The molecule has 5 nitrogen and oxygen atoms in total. The van der Waals surface area contributed by atoms with E-state index in [4.69, 9.17) is 14.6 Å². The average molecular weight is 589 g/mol. The highest BCUT2D eigenvalue weighted by molar-refractivity contribution is 9.10. The smallest absolute Gasteiger partial charge is 0.281 e. The lowest BCUT2D eigenvalue weighted by atomic mass is 10.00. The number of methoxy groups -OCH3 is 1. The molecule has 0 spiro atoms. The molecule has 1 aliphatic rings. The van der Waals surface area contributed by atoms with Crippen LogP contribution in [0.5, 0.6) is 11.5 Å². The number of anilines is 1. The van der Waals surface area contributed by atoms with E-state index < -0.39 is 0 Å². The molecule has 5 aromatic carbocycles. The van der Waals surface area contributed by atoms with Crippen molar-refractivity contribution in [1.29, 1.82) is 0 Å². The Labute approximate surface area is 241 Å². The van der Waals surface area contributed by atoms with E-state index in [1.54, 1.807) is 7.11 Å². The van der Waals surface area contributed by atoms with Crippen molar-refractivity contribution in [1.82, 2.24) is 0 Å². The zero-order valence-electron chi connectivity index (χ0n) is 21.8. The zero-order valence-corrected chi connectivity index (χ0v) is 23.3. The Morgan fingerprint density at radius 1 is 0.850 bits per heavy atom. The third kappa shape index (κ3) is 5.01. The first-order valence-electron chi connectivity index (χ1n) is 12.8. The van der Waals surface area contributed by atoms with E-state index in [0.717, 1.165) is 26.5 Å². The van der Waals surface area contributed by atoms with Crippen LogP contribution in [0, 0.1) is 0 Å². The number of carbonyl (C=O) groups is 1. The fourth-order valence-corrected chi connectivity index (χ4v) is 5.37. The van der Waals surface area contributed by atoms with E-state index in [0.29, 0.717) is 35.1 Å². The second-order valence-electron chi connectivity index (χ2n) is 9.29. The maximum atomic E-state index is 13.6. The van der Waals surface area contributed by atoms with Gasteiger partial charge in [-0.2, -0.15) is 10.1 Å². The number of hydrogen-bond donors (Lipinski definition) is 0. The maximum Gasteiger partial charge on any atom is 0.281 e. The van der Waals surface area contributed by atoms with Gasteiger partial charge in [0.2, 0.25) is 0 Å². The molecule has 0 unspecified atom stereocenters. The molecule has 6 heteroatoms. The number of hydrazone groups is 1. The van der Waals surface area contributed by atoms with Crippen molar-refractivity contribution in [2.75, 3.05) is 12.1 Å². The number of ether oxygens (including phenoxy) is 2. The summed E-state index contributed by atoms with van der Waals surface area (Å²) in [7, 11) is 1.61. The minimum Gasteiger partial charge on any atom is -0.493 e. The molecule has 0 saturated heterocycles. The molecule has 0 aromatic heterocycles. The van der Waals surface area contributed by atoms with Crippen LogP contribution in [-0.4, -0.2) is 18.7 Å². The molecule has 0 N–H and O–H groups in total. The molecule has 0 radical (unpaired) electrons. The van der Waals surface area contributed by atoms with Crippen LogP contribution in [-0.2, 0) is 11.4 Å². The summed E-state index contributed by atoms with van der Waals surface area (Å²) in [5.74, 6) is 0.958. The predicted molar refractivity (Wildman–Crippen MR) is 164 cm³/mol. The molecule has 196 valence electrons. The molecule has 6 rings (SSSR count). The van der Waals surface area contributed by atoms with E-state index in [2.05, 4.69) is 40.2 Å². The van der Waals surface area contributed by atoms with E-state index in [1.165, 1.54) is 10.4 Å². The van der Waals surface area contributed by atoms with Gasteiger partial charge in [-0.3, -0.25) is 4.79 Å². The zero-order chi connectivity index (χ0) is 27.5. The Kier molecular flexibility index (Phi) is 7.17. The molecule has 0 aliphatic carbocycles. The van der Waals surface area contributed by atoms with E-state index >= 15 is 0 Å². The van der Waals surface area contributed by atoms with Gasteiger partial charge in [0.1, 0.15) is 12.3 Å². The van der Waals surface area contributed by atoms with E-state index in [1.807, 2.05) is 97.1 Å². The van der Waals surface area contributed by atoms with Crippen molar-refractivity contribution < 1.29 is 14.3 Å². The number of rotatable bonds is 7. The number of benzene rings is 5. The number of amides is 1. The van der Waals surface area contributed by atoms with Crippen LogP contribution in [0.3, 0.4) is 0 Å². The number of fused-ring (bicyclic) bond motifs is 1. The van der Waals surface area contributed by atoms with Gasteiger partial charge in [0, 0.05) is 5.56 Å². The van der Waals surface area contributed by atoms with Crippen LogP contribution in [0.1, 0.15) is 16.7 Å². The van der Waals surface area contributed by atoms with Crippen molar-refractivity contribution in [2.45, 2.75) is 6.61 Å². The SMILES string of the molecule is COc1cc(/C=C2\C(=O)N(c3ccccc3)N=C2c2ccccc2)cc(Br)c1OCc1cccc2ccccc12. The van der Waals surface area contributed by atoms with Crippen molar-refractivity contribution in [3.63, 3.8) is 0 Å². The predicted octanol–water partition coefficient (Wildman–Crippen LogP) is 8.02. The third-order valence-corrected chi connectivity index (χ3v) is 7.33. The normalized spacial score (nSPS) is 14.1. The summed E-state index contributed by atoms with van der Waals surface area (Å²) in [6, 6.07) is 37.4. The lowest BCUT2D eigenvalue weighted by molar-refractivity contribution is -0.114. The largest absolute Gasteiger partial charge is 0.493 e. The van der Waals surface area contributed by atoms with Gasteiger partial charge in [-0.25, -0.2) is 0 Å². The number of carbonyl (C=O) groups excluding carboxylic acids is 1. The minimum atomic E-state index is -0.198. The van der Waals surface area contributed by atoms with Crippen LogP contribution in [0.4, 0.5) is 5.69 Å². The van der Waals surface area contributed by atoms with Crippen molar-refractivity contribution in [3.8, 4) is 11.5 Å². The molecular formula is C34H25BrN2O3. The number of halogens is 1. The summed E-state index contributed by atoms with van der Waals surface area (Å²) in [4.78, 5) is 13.6. The van der Waals surface area contributed by atoms with Gasteiger partial charge in [0.15, 0.2) is 11.5 Å². The molecule has 0 saturated carbocycles.